The van der Waals surface area contributed by atoms with Gasteiger partial charge in [0.15, 0.2) is 0 Å². The van der Waals surface area contributed by atoms with Crippen LogP contribution in [0.4, 0.5) is 11.4 Å². The summed E-state index contributed by atoms with van der Waals surface area (Å²) < 4.78 is 0. The van der Waals surface area contributed by atoms with Gasteiger partial charge in [-0.15, -0.1) is 0 Å². The number of benzene rings is 4. The highest BCUT2D eigenvalue weighted by molar-refractivity contribution is 5.76. The number of hydrogen-bond acceptors (Lipinski definition) is 1. The lowest BCUT2D eigenvalue weighted by Crippen LogP contribution is -2.08. The molecule has 0 aliphatic rings. The van der Waals surface area contributed by atoms with Gasteiger partial charge < -0.3 is 4.90 Å². The minimum Gasteiger partial charge on any atom is -0.345 e. The SMILES string of the molecule is CN(c1ccccc1)c1cccc(-c2cccc(-c3ccccc3)c2)c1. The molecule has 4 aromatic carbocycles. The van der Waals surface area contributed by atoms with Gasteiger partial charge in [0.1, 0.15) is 0 Å². The van der Waals surface area contributed by atoms with Crippen molar-refractivity contribution in [1.82, 2.24) is 0 Å². The number of rotatable bonds is 4. The average molecular weight is 335 g/mol. The Morgan fingerprint density at radius 2 is 0.885 bits per heavy atom. The van der Waals surface area contributed by atoms with Crippen molar-refractivity contribution < 1.29 is 0 Å². The number of nitrogens with zero attached hydrogens (tertiary/aromatic N) is 1. The molecule has 1 heteroatoms. The second-order valence-electron chi connectivity index (χ2n) is 6.39. The van der Waals surface area contributed by atoms with E-state index >= 15 is 0 Å². The van der Waals surface area contributed by atoms with Crippen molar-refractivity contribution >= 4 is 11.4 Å². The fraction of sp³-hybridized carbons (Fsp3) is 0.0400. The van der Waals surface area contributed by atoms with E-state index < -0.39 is 0 Å². The molecule has 0 unspecified atom stereocenters. The molecule has 0 heterocycles. The summed E-state index contributed by atoms with van der Waals surface area (Å²) in [7, 11) is 2.11. The van der Waals surface area contributed by atoms with Crippen LogP contribution in [-0.2, 0) is 0 Å². The topological polar surface area (TPSA) is 3.24 Å². The van der Waals surface area contributed by atoms with Crippen molar-refractivity contribution in [3.8, 4) is 22.3 Å². The van der Waals surface area contributed by atoms with Gasteiger partial charge in [-0.05, 0) is 52.6 Å². The summed E-state index contributed by atoms with van der Waals surface area (Å²) in [5.41, 5.74) is 7.30. The zero-order valence-electron chi connectivity index (χ0n) is 14.8. The predicted octanol–water partition coefficient (Wildman–Crippen LogP) is 6.79. The van der Waals surface area contributed by atoms with Crippen molar-refractivity contribution in [2.24, 2.45) is 0 Å². The van der Waals surface area contributed by atoms with E-state index in [1.807, 2.05) is 6.07 Å². The third-order valence-electron chi connectivity index (χ3n) is 4.68. The molecule has 0 amide bonds. The third kappa shape index (κ3) is 3.38. The highest BCUT2D eigenvalue weighted by atomic mass is 15.1. The number of hydrogen-bond donors (Lipinski definition) is 0. The Morgan fingerprint density at radius 3 is 1.58 bits per heavy atom. The van der Waals surface area contributed by atoms with Crippen molar-refractivity contribution in [3.05, 3.63) is 109 Å². The summed E-state index contributed by atoms with van der Waals surface area (Å²) in [5, 5.41) is 0. The van der Waals surface area contributed by atoms with Gasteiger partial charge in [-0.1, -0.05) is 78.9 Å². The van der Waals surface area contributed by atoms with Crippen LogP contribution in [0.1, 0.15) is 0 Å². The first-order valence-corrected chi connectivity index (χ1v) is 8.86. The molecule has 1 nitrogen and oxygen atoms in total. The second kappa shape index (κ2) is 7.28. The molecule has 0 atom stereocenters. The Hall–Kier alpha value is -3.32. The number of para-hydroxylation sites is 1. The van der Waals surface area contributed by atoms with E-state index in [1.165, 1.54) is 33.6 Å². The molecule has 0 saturated heterocycles. The molecule has 0 spiro atoms. The highest BCUT2D eigenvalue weighted by Gasteiger charge is 2.06. The predicted molar refractivity (Wildman–Crippen MR) is 112 cm³/mol. The molecule has 0 N–H and O–H groups in total. The van der Waals surface area contributed by atoms with Gasteiger partial charge in [-0.2, -0.15) is 0 Å². The average Bonchev–Trinajstić information content (AvgIpc) is 2.75. The molecule has 4 rings (SSSR count). The van der Waals surface area contributed by atoms with Gasteiger partial charge in [0.25, 0.3) is 0 Å². The Morgan fingerprint density at radius 1 is 0.423 bits per heavy atom. The van der Waals surface area contributed by atoms with Crippen LogP contribution in [0.25, 0.3) is 22.3 Å². The summed E-state index contributed by atoms with van der Waals surface area (Å²) >= 11 is 0. The molecular weight excluding hydrogens is 314 g/mol. The van der Waals surface area contributed by atoms with Crippen molar-refractivity contribution in [2.45, 2.75) is 0 Å². The van der Waals surface area contributed by atoms with Crippen LogP contribution >= 0.6 is 0 Å². The lowest BCUT2D eigenvalue weighted by atomic mass is 9.99. The molecule has 0 radical (unpaired) electrons. The van der Waals surface area contributed by atoms with E-state index in [9.17, 15) is 0 Å². The van der Waals surface area contributed by atoms with Gasteiger partial charge in [-0.25, -0.2) is 0 Å². The van der Waals surface area contributed by atoms with Crippen molar-refractivity contribution in [3.63, 3.8) is 0 Å². The monoisotopic (exact) mass is 335 g/mol. The fourth-order valence-corrected chi connectivity index (χ4v) is 3.20. The molecule has 126 valence electrons. The fourth-order valence-electron chi connectivity index (χ4n) is 3.20. The lowest BCUT2D eigenvalue weighted by Gasteiger charge is -2.20. The summed E-state index contributed by atoms with van der Waals surface area (Å²) in [4.78, 5) is 2.21. The van der Waals surface area contributed by atoms with Gasteiger partial charge in [-0.3, -0.25) is 0 Å². The minimum atomic E-state index is 1.18. The highest BCUT2D eigenvalue weighted by Crippen LogP contribution is 2.30. The quantitative estimate of drug-likeness (QED) is 0.397. The summed E-state index contributed by atoms with van der Waals surface area (Å²) in [6, 6.07) is 38.4. The first-order chi connectivity index (χ1) is 12.8. The van der Waals surface area contributed by atoms with Gasteiger partial charge in [0, 0.05) is 18.4 Å². The first-order valence-electron chi connectivity index (χ1n) is 8.86. The van der Waals surface area contributed by atoms with Crippen LogP contribution in [0.15, 0.2) is 109 Å². The Labute approximate surface area is 155 Å². The molecule has 0 aliphatic heterocycles. The second-order valence-corrected chi connectivity index (χ2v) is 6.39. The summed E-state index contributed by atoms with van der Waals surface area (Å²) in [6.45, 7) is 0. The number of anilines is 2. The molecule has 0 aromatic heterocycles. The van der Waals surface area contributed by atoms with Gasteiger partial charge in [0.05, 0.1) is 0 Å². The van der Waals surface area contributed by atoms with Crippen LogP contribution in [0.3, 0.4) is 0 Å². The van der Waals surface area contributed by atoms with E-state index in [2.05, 4.69) is 115 Å². The van der Waals surface area contributed by atoms with Crippen LogP contribution in [0.2, 0.25) is 0 Å². The van der Waals surface area contributed by atoms with Crippen LogP contribution in [-0.4, -0.2) is 7.05 Å². The zero-order chi connectivity index (χ0) is 17.8. The van der Waals surface area contributed by atoms with Gasteiger partial charge >= 0.3 is 0 Å². The molecule has 4 aromatic rings. The largest absolute Gasteiger partial charge is 0.345 e. The maximum Gasteiger partial charge on any atom is 0.0414 e. The van der Waals surface area contributed by atoms with E-state index in [0.29, 0.717) is 0 Å². The van der Waals surface area contributed by atoms with Crippen LogP contribution in [0.5, 0.6) is 0 Å². The van der Waals surface area contributed by atoms with E-state index in [0.717, 1.165) is 0 Å². The standard InChI is InChI=1S/C25H21N/c1-26(24-15-6-3-7-16-24)25-17-9-14-23(19-25)22-13-8-12-21(18-22)20-10-4-2-5-11-20/h2-19H,1H3. The van der Waals surface area contributed by atoms with E-state index in [1.54, 1.807) is 0 Å². The zero-order valence-corrected chi connectivity index (χ0v) is 14.8. The lowest BCUT2D eigenvalue weighted by molar-refractivity contribution is 1.21. The summed E-state index contributed by atoms with van der Waals surface area (Å²) in [6.07, 6.45) is 0. The van der Waals surface area contributed by atoms with E-state index in [4.69, 9.17) is 0 Å². The van der Waals surface area contributed by atoms with Crippen molar-refractivity contribution in [2.75, 3.05) is 11.9 Å². The molecule has 26 heavy (non-hydrogen) atoms. The molecule has 0 fully saturated rings. The minimum absolute atomic E-state index is 1.18. The third-order valence-corrected chi connectivity index (χ3v) is 4.68. The Kier molecular flexibility index (Phi) is 4.53. The Bertz CT molecular complexity index is 991. The maximum absolute atomic E-state index is 2.26. The van der Waals surface area contributed by atoms with Crippen LogP contribution in [0, 0.1) is 0 Å². The Balaban J connectivity index is 1.69. The normalized spacial score (nSPS) is 10.5. The molecule has 0 saturated carbocycles. The summed E-state index contributed by atoms with van der Waals surface area (Å²) in [5.74, 6) is 0. The molecule has 0 aliphatic carbocycles. The molecule has 0 bridgehead atoms. The van der Waals surface area contributed by atoms with Crippen LogP contribution < -0.4 is 4.90 Å². The smallest absolute Gasteiger partial charge is 0.0414 e. The van der Waals surface area contributed by atoms with Gasteiger partial charge in [0.2, 0.25) is 0 Å². The van der Waals surface area contributed by atoms with Crippen molar-refractivity contribution in [1.29, 1.82) is 0 Å². The first kappa shape index (κ1) is 16.2. The van der Waals surface area contributed by atoms with E-state index in [-0.39, 0.29) is 0 Å². The molecular formula is C25H21N. The maximum atomic E-state index is 2.26.